The van der Waals surface area contributed by atoms with E-state index in [2.05, 4.69) is 5.32 Å². The van der Waals surface area contributed by atoms with Crippen LogP contribution >= 0.6 is 11.3 Å². The zero-order chi connectivity index (χ0) is 19.4. The number of amides is 2. The fourth-order valence-corrected chi connectivity index (χ4v) is 3.99. The molecule has 0 unspecified atom stereocenters. The first kappa shape index (κ1) is 19.4. The number of ether oxygens (including phenoxy) is 1. The van der Waals surface area contributed by atoms with Crippen molar-refractivity contribution in [1.29, 1.82) is 0 Å². The van der Waals surface area contributed by atoms with E-state index in [0.29, 0.717) is 23.5 Å². The normalized spacial score (nSPS) is 18.0. The molecule has 1 fully saturated rings. The van der Waals surface area contributed by atoms with E-state index in [4.69, 9.17) is 4.74 Å². The molecule has 2 heterocycles. The number of likely N-dealkylation sites (tertiary alicyclic amines) is 1. The summed E-state index contributed by atoms with van der Waals surface area (Å²) in [6.07, 6.45) is 1.53. The first-order valence-corrected chi connectivity index (χ1v) is 9.84. The predicted octanol–water partition coefficient (Wildman–Crippen LogP) is 3.63. The highest BCUT2D eigenvalue weighted by atomic mass is 32.1. The van der Waals surface area contributed by atoms with Gasteiger partial charge in [-0.3, -0.25) is 9.59 Å². The Morgan fingerprint density at radius 2 is 2.19 bits per heavy atom. The monoisotopic (exact) mass is 390 g/mol. The van der Waals surface area contributed by atoms with Crippen LogP contribution in [0.2, 0.25) is 0 Å². The number of halogens is 1. The molecule has 1 aromatic heterocycles. The van der Waals surface area contributed by atoms with Gasteiger partial charge in [-0.2, -0.15) is 0 Å². The summed E-state index contributed by atoms with van der Waals surface area (Å²) in [4.78, 5) is 27.6. The van der Waals surface area contributed by atoms with Gasteiger partial charge in [-0.15, -0.1) is 11.3 Å². The Kier molecular flexibility index (Phi) is 6.11. The number of piperidine rings is 1. The molecule has 1 aromatic carbocycles. The van der Waals surface area contributed by atoms with Crippen molar-refractivity contribution in [2.24, 2.45) is 5.92 Å². The topological polar surface area (TPSA) is 58.6 Å². The van der Waals surface area contributed by atoms with E-state index in [9.17, 15) is 14.0 Å². The van der Waals surface area contributed by atoms with Gasteiger partial charge in [0.2, 0.25) is 5.91 Å². The number of hydrogen-bond acceptors (Lipinski definition) is 4. The summed E-state index contributed by atoms with van der Waals surface area (Å²) in [5, 5.41) is 4.82. The lowest BCUT2D eigenvalue weighted by molar-refractivity contribution is -0.127. The third-order valence-electron chi connectivity index (χ3n) is 4.85. The minimum Gasteiger partial charge on any atom is -0.494 e. The molecule has 0 bridgehead atoms. The highest BCUT2D eigenvalue weighted by Crippen LogP contribution is 2.24. The third kappa shape index (κ3) is 4.47. The molecule has 0 radical (unpaired) electrons. The summed E-state index contributed by atoms with van der Waals surface area (Å²) in [5.41, 5.74) is 0.670. The molecule has 7 heteroatoms. The largest absolute Gasteiger partial charge is 0.494 e. The number of rotatable bonds is 5. The van der Waals surface area contributed by atoms with Crippen molar-refractivity contribution in [1.82, 2.24) is 10.2 Å². The van der Waals surface area contributed by atoms with Crippen LogP contribution in [-0.2, 0) is 4.79 Å². The van der Waals surface area contributed by atoms with Crippen LogP contribution in [0.1, 0.15) is 41.0 Å². The lowest BCUT2D eigenvalue weighted by Crippen LogP contribution is -2.45. The summed E-state index contributed by atoms with van der Waals surface area (Å²) >= 11 is 1.41. The Balaban J connectivity index is 1.61. The lowest BCUT2D eigenvalue weighted by Gasteiger charge is -2.32. The second kappa shape index (κ2) is 8.52. The molecule has 1 N–H and O–H groups in total. The van der Waals surface area contributed by atoms with E-state index in [1.54, 1.807) is 23.1 Å². The molecule has 0 aliphatic carbocycles. The minimum atomic E-state index is -0.457. The standard InChI is InChI=1S/C20H23FN2O3S/c1-13(14-7-8-17(26-2)16(21)11-14)22-19(24)15-5-3-9-23(12-15)20(25)18-6-4-10-27-18/h4,6-8,10-11,13,15H,3,5,9,12H2,1-2H3,(H,22,24)/t13-,15-/m0/s1. The summed E-state index contributed by atoms with van der Waals surface area (Å²) in [6, 6.07) is 7.98. The second-order valence-corrected chi connectivity index (χ2v) is 7.64. The van der Waals surface area contributed by atoms with Crippen LogP contribution in [0.25, 0.3) is 0 Å². The quantitative estimate of drug-likeness (QED) is 0.848. The summed E-state index contributed by atoms with van der Waals surface area (Å²) in [6.45, 7) is 2.89. The van der Waals surface area contributed by atoms with Gasteiger partial charge in [0.15, 0.2) is 11.6 Å². The molecule has 1 aliphatic rings. The molecule has 0 spiro atoms. The van der Waals surface area contributed by atoms with Gasteiger partial charge in [-0.25, -0.2) is 4.39 Å². The number of carbonyl (C=O) groups is 2. The molecular formula is C20H23FN2O3S. The third-order valence-corrected chi connectivity index (χ3v) is 5.70. The zero-order valence-corrected chi connectivity index (χ0v) is 16.2. The van der Waals surface area contributed by atoms with Crippen LogP contribution in [0.5, 0.6) is 5.75 Å². The summed E-state index contributed by atoms with van der Waals surface area (Å²) < 4.78 is 18.8. The van der Waals surface area contributed by atoms with Crippen LogP contribution in [0, 0.1) is 11.7 Å². The summed E-state index contributed by atoms with van der Waals surface area (Å²) in [7, 11) is 1.41. The van der Waals surface area contributed by atoms with Crippen molar-refractivity contribution < 1.29 is 18.7 Å². The average Bonchev–Trinajstić information content (AvgIpc) is 3.22. The second-order valence-electron chi connectivity index (χ2n) is 6.69. The van der Waals surface area contributed by atoms with Gasteiger partial charge >= 0.3 is 0 Å². The maximum atomic E-state index is 13.9. The Morgan fingerprint density at radius 1 is 1.37 bits per heavy atom. The van der Waals surface area contributed by atoms with Gasteiger partial charge in [0.25, 0.3) is 5.91 Å². The van der Waals surface area contributed by atoms with Crippen molar-refractivity contribution in [3.63, 3.8) is 0 Å². The van der Waals surface area contributed by atoms with Gasteiger partial charge in [-0.1, -0.05) is 12.1 Å². The van der Waals surface area contributed by atoms with E-state index in [0.717, 1.165) is 12.8 Å². The molecule has 1 aliphatic heterocycles. The molecule has 2 atom stereocenters. The van der Waals surface area contributed by atoms with Gasteiger partial charge < -0.3 is 15.0 Å². The van der Waals surface area contributed by atoms with E-state index in [-0.39, 0.29) is 29.5 Å². The smallest absolute Gasteiger partial charge is 0.263 e. The van der Waals surface area contributed by atoms with Crippen LogP contribution in [0.15, 0.2) is 35.7 Å². The lowest BCUT2D eigenvalue weighted by atomic mass is 9.96. The van der Waals surface area contributed by atoms with E-state index in [1.807, 2.05) is 18.4 Å². The molecule has 5 nitrogen and oxygen atoms in total. The average molecular weight is 390 g/mol. The van der Waals surface area contributed by atoms with Crippen molar-refractivity contribution in [3.8, 4) is 5.75 Å². The first-order valence-electron chi connectivity index (χ1n) is 8.96. The maximum absolute atomic E-state index is 13.9. The SMILES string of the molecule is COc1ccc([C@H](C)NC(=O)[C@H]2CCCN(C(=O)c3cccs3)C2)cc1F. The highest BCUT2D eigenvalue weighted by molar-refractivity contribution is 7.12. The Morgan fingerprint density at radius 3 is 2.85 bits per heavy atom. The zero-order valence-electron chi connectivity index (χ0n) is 15.4. The number of benzene rings is 1. The molecule has 144 valence electrons. The fourth-order valence-electron chi connectivity index (χ4n) is 3.30. The number of thiophene rings is 1. The van der Waals surface area contributed by atoms with Crippen LogP contribution < -0.4 is 10.1 Å². The minimum absolute atomic E-state index is 0.0206. The first-order chi connectivity index (χ1) is 13.0. The van der Waals surface area contributed by atoms with Gasteiger partial charge in [0.05, 0.1) is 23.9 Å². The van der Waals surface area contributed by atoms with Crippen molar-refractivity contribution in [2.45, 2.75) is 25.8 Å². The van der Waals surface area contributed by atoms with Gasteiger partial charge in [0, 0.05) is 13.1 Å². The molecule has 2 amide bonds. The van der Waals surface area contributed by atoms with Gasteiger partial charge in [0.1, 0.15) is 0 Å². The van der Waals surface area contributed by atoms with Crippen molar-refractivity contribution >= 4 is 23.2 Å². The van der Waals surface area contributed by atoms with Crippen molar-refractivity contribution in [3.05, 3.63) is 52.0 Å². The van der Waals surface area contributed by atoms with Crippen LogP contribution in [0.4, 0.5) is 4.39 Å². The van der Waals surface area contributed by atoms with E-state index < -0.39 is 5.82 Å². The van der Waals surface area contributed by atoms with E-state index in [1.165, 1.54) is 24.5 Å². The van der Waals surface area contributed by atoms with Crippen LogP contribution in [-0.4, -0.2) is 36.9 Å². The van der Waals surface area contributed by atoms with Crippen molar-refractivity contribution in [2.75, 3.05) is 20.2 Å². The molecule has 3 rings (SSSR count). The Hall–Kier alpha value is -2.41. The van der Waals surface area contributed by atoms with Crippen LogP contribution in [0.3, 0.4) is 0 Å². The molecule has 0 saturated carbocycles. The molecule has 27 heavy (non-hydrogen) atoms. The number of methoxy groups -OCH3 is 1. The number of nitrogens with zero attached hydrogens (tertiary/aromatic N) is 1. The number of carbonyl (C=O) groups excluding carboxylic acids is 2. The summed E-state index contributed by atoms with van der Waals surface area (Å²) in [5.74, 6) is -0.669. The number of nitrogens with one attached hydrogen (secondary N) is 1. The molecular weight excluding hydrogens is 367 g/mol. The fraction of sp³-hybridized carbons (Fsp3) is 0.400. The Bertz CT molecular complexity index is 810. The molecule has 1 saturated heterocycles. The Labute approximate surface area is 162 Å². The van der Waals surface area contributed by atoms with Gasteiger partial charge in [-0.05, 0) is 48.9 Å². The highest BCUT2D eigenvalue weighted by Gasteiger charge is 2.30. The number of hydrogen-bond donors (Lipinski definition) is 1. The van der Waals surface area contributed by atoms with E-state index >= 15 is 0 Å². The molecule has 2 aromatic rings. The maximum Gasteiger partial charge on any atom is 0.263 e. The predicted molar refractivity (Wildman–Crippen MR) is 102 cm³/mol.